The Bertz CT molecular complexity index is 650. The molecule has 104 valence electrons. The van der Waals surface area contributed by atoms with E-state index in [4.69, 9.17) is 16.7 Å². The fourth-order valence-electron chi connectivity index (χ4n) is 2.14. The van der Waals surface area contributed by atoms with E-state index in [0.717, 1.165) is 11.4 Å². The van der Waals surface area contributed by atoms with E-state index in [1.807, 2.05) is 12.5 Å². The van der Waals surface area contributed by atoms with Gasteiger partial charge in [0.05, 0.1) is 29.2 Å². The highest BCUT2D eigenvalue weighted by atomic mass is 35.5. The molecular weight excluding hydrogens is 278 g/mol. The number of aromatic nitrogens is 2. The average molecular weight is 292 g/mol. The maximum atomic E-state index is 11.0. The molecule has 1 aromatic carbocycles. The molecule has 1 saturated carbocycles. The molecule has 1 aliphatic rings. The molecule has 1 aliphatic carbocycles. The van der Waals surface area contributed by atoms with E-state index < -0.39 is 5.97 Å². The van der Waals surface area contributed by atoms with Gasteiger partial charge in [0.2, 0.25) is 0 Å². The number of anilines is 1. The number of rotatable bonds is 5. The number of carboxylic acids is 1. The number of aromatic carboxylic acids is 1. The predicted octanol–water partition coefficient (Wildman–Crippen LogP) is 3.18. The summed E-state index contributed by atoms with van der Waals surface area (Å²) in [6, 6.07) is 5.48. The van der Waals surface area contributed by atoms with Gasteiger partial charge in [-0.2, -0.15) is 0 Å². The summed E-state index contributed by atoms with van der Waals surface area (Å²) in [7, 11) is 0. The number of hydrogen-bond donors (Lipinski definition) is 2. The molecule has 1 fully saturated rings. The summed E-state index contributed by atoms with van der Waals surface area (Å²) in [5, 5.41) is 12.5. The lowest BCUT2D eigenvalue weighted by molar-refractivity contribution is 0.0697. The van der Waals surface area contributed by atoms with Crippen molar-refractivity contribution >= 4 is 23.3 Å². The van der Waals surface area contributed by atoms with Gasteiger partial charge >= 0.3 is 5.97 Å². The molecule has 2 aromatic rings. The van der Waals surface area contributed by atoms with Gasteiger partial charge in [0, 0.05) is 17.9 Å². The van der Waals surface area contributed by atoms with Gasteiger partial charge in [-0.05, 0) is 31.0 Å². The summed E-state index contributed by atoms with van der Waals surface area (Å²) in [4.78, 5) is 15.2. The van der Waals surface area contributed by atoms with Gasteiger partial charge < -0.3 is 15.0 Å². The Morgan fingerprint density at radius 3 is 3.00 bits per heavy atom. The molecule has 3 rings (SSSR count). The van der Waals surface area contributed by atoms with Crippen molar-refractivity contribution in [3.05, 3.63) is 47.0 Å². The summed E-state index contributed by atoms with van der Waals surface area (Å²) in [6.07, 6.45) is 6.08. The maximum Gasteiger partial charge on any atom is 0.337 e. The minimum absolute atomic E-state index is 0.104. The molecular formula is C14H14ClN3O2. The molecule has 0 spiro atoms. The van der Waals surface area contributed by atoms with E-state index in [1.165, 1.54) is 12.8 Å². The van der Waals surface area contributed by atoms with Gasteiger partial charge in [0.15, 0.2) is 0 Å². The van der Waals surface area contributed by atoms with Crippen molar-refractivity contribution in [2.45, 2.75) is 25.4 Å². The average Bonchev–Trinajstić information content (AvgIpc) is 3.16. The van der Waals surface area contributed by atoms with E-state index in [-0.39, 0.29) is 10.6 Å². The van der Waals surface area contributed by atoms with Crippen molar-refractivity contribution in [2.75, 3.05) is 5.32 Å². The monoisotopic (exact) mass is 291 g/mol. The van der Waals surface area contributed by atoms with Crippen LogP contribution in [-0.2, 0) is 6.54 Å². The number of carboxylic acid groups (broad SMARTS) is 1. The van der Waals surface area contributed by atoms with Crippen molar-refractivity contribution in [3.63, 3.8) is 0 Å². The normalized spacial score (nSPS) is 14.2. The zero-order chi connectivity index (χ0) is 14.1. The predicted molar refractivity (Wildman–Crippen MR) is 76.2 cm³/mol. The van der Waals surface area contributed by atoms with Crippen LogP contribution < -0.4 is 5.32 Å². The fourth-order valence-corrected chi connectivity index (χ4v) is 2.34. The minimum Gasteiger partial charge on any atom is -0.478 e. The third kappa shape index (κ3) is 2.63. The third-order valence-electron chi connectivity index (χ3n) is 3.36. The van der Waals surface area contributed by atoms with Crippen LogP contribution in [0, 0.1) is 0 Å². The second kappa shape index (κ2) is 5.17. The first-order chi connectivity index (χ1) is 9.65. The van der Waals surface area contributed by atoms with Crippen LogP contribution in [0.2, 0.25) is 5.02 Å². The zero-order valence-electron chi connectivity index (χ0n) is 10.7. The molecule has 0 atom stereocenters. The summed E-state index contributed by atoms with van der Waals surface area (Å²) in [5.41, 5.74) is 1.93. The highest BCUT2D eigenvalue weighted by molar-refractivity contribution is 6.33. The molecule has 20 heavy (non-hydrogen) atoms. The van der Waals surface area contributed by atoms with E-state index in [0.29, 0.717) is 12.6 Å². The van der Waals surface area contributed by atoms with E-state index >= 15 is 0 Å². The summed E-state index contributed by atoms with van der Waals surface area (Å²) in [5.74, 6) is -1.03. The lowest BCUT2D eigenvalue weighted by Gasteiger charge is -2.10. The highest BCUT2D eigenvalue weighted by Gasteiger charge is 2.24. The van der Waals surface area contributed by atoms with E-state index in [9.17, 15) is 4.79 Å². The zero-order valence-corrected chi connectivity index (χ0v) is 11.5. The fraction of sp³-hybridized carbons (Fsp3) is 0.286. The first-order valence-electron chi connectivity index (χ1n) is 6.42. The lowest BCUT2D eigenvalue weighted by Crippen LogP contribution is -2.07. The van der Waals surface area contributed by atoms with Crippen LogP contribution in [-0.4, -0.2) is 20.6 Å². The van der Waals surface area contributed by atoms with Crippen molar-refractivity contribution < 1.29 is 9.90 Å². The minimum atomic E-state index is -1.03. The van der Waals surface area contributed by atoms with Gasteiger partial charge in [0.25, 0.3) is 0 Å². The van der Waals surface area contributed by atoms with Gasteiger partial charge in [-0.3, -0.25) is 0 Å². The maximum absolute atomic E-state index is 11.0. The molecule has 1 heterocycles. The van der Waals surface area contributed by atoms with Crippen molar-refractivity contribution in [1.82, 2.24) is 9.55 Å². The Kier molecular flexibility index (Phi) is 3.36. The Morgan fingerprint density at radius 1 is 1.50 bits per heavy atom. The molecule has 0 unspecified atom stereocenters. The quantitative estimate of drug-likeness (QED) is 0.888. The van der Waals surface area contributed by atoms with Crippen molar-refractivity contribution in [2.24, 2.45) is 0 Å². The summed E-state index contributed by atoms with van der Waals surface area (Å²) < 4.78 is 2.17. The molecule has 2 N–H and O–H groups in total. The van der Waals surface area contributed by atoms with Crippen LogP contribution in [0.15, 0.2) is 30.7 Å². The Balaban J connectivity index is 1.73. The smallest absolute Gasteiger partial charge is 0.337 e. The molecule has 1 aromatic heterocycles. The Hall–Kier alpha value is -2.01. The lowest BCUT2D eigenvalue weighted by atomic mass is 10.2. The van der Waals surface area contributed by atoms with Gasteiger partial charge in [-0.1, -0.05) is 11.6 Å². The van der Waals surface area contributed by atoms with Gasteiger partial charge in [-0.15, -0.1) is 0 Å². The topological polar surface area (TPSA) is 67.2 Å². The number of benzene rings is 1. The number of imidazole rings is 1. The first kappa shape index (κ1) is 13.0. The second-order valence-electron chi connectivity index (χ2n) is 4.88. The molecule has 6 heteroatoms. The van der Waals surface area contributed by atoms with Gasteiger partial charge in [-0.25, -0.2) is 9.78 Å². The van der Waals surface area contributed by atoms with Crippen LogP contribution in [0.5, 0.6) is 0 Å². The van der Waals surface area contributed by atoms with Crippen LogP contribution in [0.1, 0.15) is 34.9 Å². The van der Waals surface area contributed by atoms with Crippen molar-refractivity contribution in [1.29, 1.82) is 0 Å². The Morgan fingerprint density at radius 2 is 2.30 bits per heavy atom. The summed E-state index contributed by atoms with van der Waals surface area (Å²) >= 11 is 5.84. The van der Waals surface area contributed by atoms with Crippen LogP contribution in [0.3, 0.4) is 0 Å². The van der Waals surface area contributed by atoms with Crippen LogP contribution in [0.25, 0.3) is 0 Å². The van der Waals surface area contributed by atoms with Crippen molar-refractivity contribution in [3.8, 4) is 0 Å². The molecule has 5 nitrogen and oxygen atoms in total. The molecule has 0 amide bonds. The summed E-state index contributed by atoms with van der Waals surface area (Å²) in [6.45, 7) is 0.608. The molecule has 0 radical (unpaired) electrons. The standard InChI is InChI=1S/C14H14ClN3O2/c15-13-4-1-9(5-12(13)14(19)20)17-7-11-6-16-8-18(11)10-2-3-10/h1,4-6,8,10,17H,2-3,7H2,(H,19,20). The number of hydrogen-bond acceptors (Lipinski definition) is 3. The van der Waals surface area contributed by atoms with Crippen LogP contribution in [0.4, 0.5) is 5.69 Å². The first-order valence-corrected chi connectivity index (χ1v) is 6.80. The largest absolute Gasteiger partial charge is 0.478 e. The number of halogens is 1. The molecule has 0 saturated heterocycles. The van der Waals surface area contributed by atoms with Crippen LogP contribution >= 0.6 is 11.6 Å². The SMILES string of the molecule is O=C(O)c1cc(NCc2cncn2C2CC2)ccc1Cl. The highest BCUT2D eigenvalue weighted by Crippen LogP contribution is 2.35. The van der Waals surface area contributed by atoms with E-state index in [1.54, 1.807) is 18.2 Å². The molecule has 0 aliphatic heterocycles. The Labute approximate surface area is 121 Å². The number of nitrogens with zero attached hydrogens (tertiary/aromatic N) is 2. The van der Waals surface area contributed by atoms with E-state index in [2.05, 4.69) is 14.9 Å². The van der Waals surface area contributed by atoms with Gasteiger partial charge in [0.1, 0.15) is 0 Å². The number of nitrogens with one attached hydrogen (secondary N) is 1. The third-order valence-corrected chi connectivity index (χ3v) is 3.69. The molecule has 0 bridgehead atoms. The second-order valence-corrected chi connectivity index (χ2v) is 5.28. The number of carbonyl (C=O) groups is 1.